The molecule has 2 aliphatic rings. The zero-order chi connectivity index (χ0) is 14.3. The Labute approximate surface area is 121 Å². The molecule has 2 saturated heterocycles. The van der Waals surface area contributed by atoms with Gasteiger partial charge in [0.1, 0.15) is 6.04 Å². The van der Waals surface area contributed by atoms with Crippen molar-refractivity contribution in [1.82, 2.24) is 9.80 Å². The van der Waals surface area contributed by atoms with Crippen LogP contribution in [0.15, 0.2) is 24.3 Å². The number of aliphatic hydroxyl groups is 1. The molecule has 0 aromatic heterocycles. The number of carbonyl (C=O) groups excluding carboxylic acids is 2. The van der Waals surface area contributed by atoms with Crippen LogP contribution in [0.3, 0.4) is 0 Å². The minimum atomic E-state index is -0.961. The summed E-state index contributed by atoms with van der Waals surface area (Å²) in [6, 6.07) is 6.26. The average Bonchev–Trinajstić information content (AvgIpc) is 2.99. The summed E-state index contributed by atoms with van der Waals surface area (Å²) in [7, 11) is 0. The molecule has 3 amide bonds. The molecule has 0 saturated carbocycles. The van der Waals surface area contributed by atoms with Crippen molar-refractivity contribution < 1.29 is 14.7 Å². The second-order valence-corrected chi connectivity index (χ2v) is 5.53. The lowest BCUT2D eigenvalue weighted by Gasteiger charge is -2.20. The number of benzene rings is 1. The number of nitrogens with zero attached hydrogens (tertiary/aromatic N) is 2. The Morgan fingerprint density at radius 1 is 1.35 bits per heavy atom. The van der Waals surface area contributed by atoms with Crippen LogP contribution in [-0.4, -0.2) is 46.0 Å². The average molecular weight is 295 g/mol. The normalized spacial score (nSPS) is 23.4. The van der Waals surface area contributed by atoms with Crippen LogP contribution in [0.4, 0.5) is 4.79 Å². The lowest BCUT2D eigenvalue weighted by Crippen LogP contribution is -2.36. The molecule has 0 unspecified atom stereocenters. The van der Waals surface area contributed by atoms with Crippen LogP contribution in [0.5, 0.6) is 0 Å². The quantitative estimate of drug-likeness (QED) is 0.865. The molecule has 0 bridgehead atoms. The van der Waals surface area contributed by atoms with Gasteiger partial charge in [-0.15, -0.1) is 0 Å². The summed E-state index contributed by atoms with van der Waals surface area (Å²) in [6.45, 7) is 0.572. The Hall–Kier alpha value is -1.59. The van der Waals surface area contributed by atoms with Gasteiger partial charge in [0.2, 0.25) is 0 Å². The van der Waals surface area contributed by atoms with Crippen LogP contribution >= 0.6 is 11.6 Å². The Morgan fingerprint density at radius 2 is 2.10 bits per heavy atom. The standard InChI is InChI=1S/C14H15ClN2O3/c15-10-5-2-1-4-9(10)12(18)8-17-13(19)11-6-3-7-16(11)14(17)20/h1-2,4-5,11-12,18H,3,6-8H2/t11-,12-/m0/s1. The molecule has 6 heteroatoms. The number of rotatable bonds is 3. The van der Waals surface area contributed by atoms with E-state index in [1.165, 1.54) is 0 Å². The minimum absolute atomic E-state index is 0.0472. The highest BCUT2D eigenvalue weighted by Crippen LogP contribution is 2.30. The summed E-state index contributed by atoms with van der Waals surface area (Å²) < 4.78 is 0. The third-order valence-electron chi connectivity index (χ3n) is 3.90. The Morgan fingerprint density at radius 3 is 2.80 bits per heavy atom. The van der Waals surface area contributed by atoms with Gasteiger partial charge in [-0.2, -0.15) is 0 Å². The monoisotopic (exact) mass is 294 g/mol. The summed E-state index contributed by atoms with van der Waals surface area (Å²) in [5.74, 6) is -0.210. The van der Waals surface area contributed by atoms with Gasteiger partial charge in [0.25, 0.3) is 5.91 Å². The van der Waals surface area contributed by atoms with Gasteiger partial charge < -0.3 is 10.0 Å². The maximum atomic E-state index is 12.2. The molecule has 20 heavy (non-hydrogen) atoms. The molecule has 1 N–H and O–H groups in total. The lowest BCUT2D eigenvalue weighted by molar-refractivity contribution is -0.128. The molecule has 2 fully saturated rings. The first kappa shape index (κ1) is 13.4. The van der Waals surface area contributed by atoms with Gasteiger partial charge in [0.15, 0.2) is 0 Å². The molecule has 2 aliphatic heterocycles. The summed E-state index contributed by atoms with van der Waals surface area (Å²) in [5, 5.41) is 10.6. The van der Waals surface area contributed by atoms with Crippen molar-refractivity contribution in [2.75, 3.05) is 13.1 Å². The van der Waals surface area contributed by atoms with Gasteiger partial charge in [-0.25, -0.2) is 4.79 Å². The number of amides is 3. The highest BCUT2D eigenvalue weighted by atomic mass is 35.5. The fourth-order valence-electron chi connectivity index (χ4n) is 2.87. The number of carbonyl (C=O) groups is 2. The molecule has 2 heterocycles. The van der Waals surface area contributed by atoms with Crippen molar-refractivity contribution in [3.8, 4) is 0 Å². The number of imide groups is 1. The molecule has 1 aromatic carbocycles. The van der Waals surface area contributed by atoms with E-state index in [4.69, 9.17) is 11.6 Å². The molecule has 0 radical (unpaired) electrons. The van der Waals surface area contributed by atoms with Crippen LogP contribution < -0.4 is 0 Å². The number of hydrogen-bond donors (Lipinski definition) is 1. The fraction of sp³-hybridized carbons (Fsp3) is 0.429. The first-order valence-electron chi connectivity index (χ1n) is 6.64. The molecule has 2 atom stereocenters. The highest BCUT2D eigenvalue weighted by molar-refractivity contribution is 6.31. The molecule has 0 spiro atoms. The SMILES string of the molecule is O=C1[C@@H]2CCCN2C(=O)N1C[C@H](O)c1ccccc1Cl. The topological polar surface area (TPSA) is 60.9 Å². The van der Waals surface area contributed by atoms with E-state index in [-0.39, 0.29) is 24.5 Å². The van der Waals surface area contributed by atoms with E-state index in [0.717, 1.165) is 11.3 Å². The molecule has 3 rings (SSSR count). The number of halogens is 1. The van der Waals surface area contributed by atoms with Gasteiger partial charge in [-0.3, -0.25) is 9.69 Å². The number of β-amino-alcohol motifs (C(OH)–C–C–N with tert-alkyl or cyclic N) is 1. The van der Waals surface area contributed by atoms with Gasteiger partial charge >= 0.3 is 6.03 Å². The van der Waals surface area contributed by atoms with Crippen LogP contribution in [0, 0.1) is 0 Å². The second-order valence-electron chi connectivity index (χ2n) is 5.12. The Bertz CT molecular complexity index is 541. The third-order valence-corrected chi connectivity index (χ3v) is 4.24. The highest BCUT2D eigenvalue weighted by Gasteiger charge is 2.47. The van der Waals surface area contributed by atoms with E-state index in [1.54, 1.807) is 29.2 Å². The third kappa shape index (κ3) is 2.07. The first-order valence-corrected chi connectivity index (χ1v) is 7.02. The molecule has 1 aromatic rings. The molecular formula is C14H15ClN2O3. The van der Waals surface area contributed by atoms with Crippen molar-refractivity contribution in [1.29, 1.82) is 0 Å². The van der Waals surface area contributed by atoms with Gasteiger partial charge in [-0.05, 0) is 18.9 Å². The molecule has 106 valence electrons. The van der Waals surface area contributed by atoms with E-state index in [9.17, 15) is 14.7 Å². The van der Waals surface area contributed by atoms with Crippen molar-refractivity contribution >= 4 is 23.5 Å². The molecular weight excluding hydrogens is 280 g/mol. The van der Waals surface area contributed by atoms with E-state index >= 15 is 0 Å². The smallest absolute Gasteiger partial charge is 0.327 e. The van der Waals surface area contributed by atoms with Crippen molar-refractivity contribution in [2.45, 2.75) is 25.0 Å². The summed E-state index contributed by atoms with van der Waals surface area (Å²) in [5.41, 5.74) is 0.529. The lowest BCUT2D eigenvalue weighted by atomic mass is 10.1. The van der Waals surface area contributed by atoms with Crippen molar-refractivity contribution in [3.05, 3.63) is 34.9 Å². The van der Waals surface area contributed by atoms with Gasteiger partial charge in [0.05, 0.1) is 12.6 Å². The Kier molecular flexibility index (Phi) is 3.40. The second kappa shape index (κ2) is 5.07. The fourth-order valence-corrected chi connectivity index (χ4v) is 3.13. The van der Waals surface area contributed by atoms with Gasteiger partial charge in [0, 0.05) is 17.1 Å². The van der Waals surface area contributed by atoms with Gasteiger partial charge in [-0.1, -0.05) is 29.8 Å². The number of fused-ring (bicyclic) bond motifs is 1. The largest absolute Gasteiger partial charge is 0.386 e. The van der Waals surface area contributed by atoms with Crippen LogP contribution in [0.25, 0.3) is 0 Å². The van der Waals surface area contributed by atoms with Crippen molar-refractivity contribution in [3.63, 3.8) is 0 Å². The minimum Gasteiger partial charge on any atom is -0.386 e. The zero-order valence-electron chi connectivity index (χ0n) is 10.8. The Balaban J connectivity index is 1.77. The van der Waals surface area contributed by atoms with Crippen LogP contribution in [0.2, 0.25) is 5.02 Å². The first-order chi connectivity index (χ1) is 9.59. The number of urea groups is 1. The van der Waals surface area contributed by atoms with E-state index in [1.807, 2.05) is 0 Å². The van der Waals surface area contributed by atoms with Crippen LogP contribution in [0.1, 0.15) is 24.5 Å². The summed E-state index contributed by atoms with van der Waals surface area (Å²) >= 11 is 6.01. The summed E-state index contributed by atoms with van der Waals surface area (Å²) in [6.07, 6.45) is 0.614. The summed E-state index contributed by atoms with van der Waals surface area (Å²) in [4.78, 5) is 27.0. The van der Waals surface area contributed by atoms with Crippen molar-refractivity contribution in [2.24, 2.45) is 0 Å². The molecule has 5 nitrogen and oxygen atoms in total. The van der Waals surface area contributed by atoms with E-state index < -0.39 is 6.10 Å². The zero-order valence-corrected chi connectivity index (χ0v) is 11.6. The maximum Gasteiger partial charge on any atom is 0.327 e. The predicted molar refractivity (Wildman–Crippen MR) is 73.2 cm³/mol. The maximum absolute atomic E-state index is 12.2. The number of aliphatic hydroxyl groups excluding tert-OH is 1. The molecule has 0 aliphatic carbocycles. The van der Waals surface area contributed by atoms with E-state index in [0.29, 0.717) is 23.6 Å². The predicted octanol–water partition coefficient (Wildman–Crippen LogP) is 1.80. The van der Waals surface area contributed by atoms with E-state index in [2.05, 4.69) is 0 Å². The number of hydrogen-bond acceptors (Lipinski definition) is 3. The van der Waals surface area contributed by atoms with Crippen LogP contribution in [-0.2, 0) is 4.79 Å².